The molecule has 1 unspecified atom stereocenters. The lowest BCUT2D eigenvalue weighted by Gasteiger charge is -2.29. The number of halogens is 1. The zero-order chi connectivity index (χ0) is 14.9. The third-order valence-electron chi connectivity index (χ3n) is 3.05. The van der Waals surface area contributed by atoms with Crippen LogP contribution in [-0.2, 0) is 11.2 Å². The molecular weight excluding hydrogens is 284 g/mol. The molecule has 0 spiro atoms. The first kappa shape index (κ1) is 14.7. The van der Waals surface area contributed by atoms with Gasteiger partial charge in [-0.25, -0.2) is 4.79 Å². The second-order valence-electron chi connectivity index (χ2n) is 4.49. The summed E-state index contributed by atoms with van der Waals surface area (Å²) in [6.45, 7) is 1.69. The number of hydrogen-bond acceptors (Lipinski definition) is 4. The molecule has 0 saturated heterocycles. The smallest absolute Gasteiger partial charge is 0.534 e. The number of carboxylic acid groups (broad SMARTS) is 1. The SMILES string of the molecule is CCC(=O)NC1Cc2cc(Cl)cc(C(=O)O)c2OB1O. The molecule has 0 aliphatic carbocycles. The summed E-state index contributed by atoms with van der Waals surface area (Å²) in [6, 6.07) is 2.83. The third kappa shape index (κ3) is 2.89. The van der Waals surface area contributed by atoms with Crippen molar-refractivity contribution < 1.29 is 24.4 Å². The van der Waals surface area contributed by atoms with Crippen LogP contribution in [0.15, 0.2) is 12.1 Å². The highest BCUT2D eigenvalue weighted by Crippen LogP contribution is 2.33. The van der Waals surface area contributed by atoms with Gasteiger partial charge in [-0.05, 0) is 24.1 Å². The molecule has 1 aliphatic rings. The van der Waals surface area contributed by atoms with Gasteiger partial charge in [0.25, 0.3) is 0 Å². The van der Waals surface area contributed by atoms with Crippen molar-refractivity contribution in [3.8, 4) is 5.75 Å². The van der Waals surface area contributed by atoms with E-state index < -0.39 is 19.0 Å². The number of carbonyl (C=O) groups is 2. The molecule has 1 aromatic carbocycles. The monoisotopic (exact) mass is 297 g/mol. The van der Waals surface area contributed by atoms with Gasteiger partial charge >= 0.3 is 13.1 Å². The van der Waals surface area contributed by atoms with Crippen molar-refractivity contribution in [3.05, 3.63) is 28.3 Å². The number of carbonyl (C=O) groups excluding carboxylic acids is 1. The second kappa shape index (κ2) is 5.72. The van der Waals surface area contributed by atoms with Gasteiger partial charge in [0.05, 0.1) is 5.94 Å². The van der Waals surface area contributed by atoms with Crippen LogP contribution in [-0.4, -0.2) is 35.1 Å². The van der Waals surface area contributed by atoms with Gasteiger partial charge in [0.1, 0.15) is 11.3 Å². The molecule has 2 rings (SSSR count). The molecule has 6 nitrogen and oxygen atoms in total. The molecule has 0 radical (unpaired) electrons. The molecule has 0 fully saturated rings. The maximum atomic E-state index is 11.4. The zero-order valence-corrected chi connectivity index (χ0v) is 11.5. The third-order valence-corrected chi connectivity index (χ3v) is 3.27. The van der Waals surface area contributed by atoms with Gasteiger partial charge in [-0.3, -0.25) is 4.79 Å². The van der Waals surface area contributed by atoms with Gasteiger partial charge in [-0.1, -0.05) is 18.5 Å². The average molecular weight is 298 g/mol. The van der Waals surface area contributed by atoms with Crippen LogP contribution in [0.25, 0.3) is 0 Å². The van der Waals surface area contributed by atoms with E-state index in [0.29, 0.717) is 5.56 Å². The number of benzene rings is 1. The Kier molecular flexibility index (Phi) is 4.20. The lowest BCUT2D eigenvalue weighted by Crippen LogP contribution is -2.53. The van der Waals surface area contributed by atoms with Crippen molar-refractivity contribution in [1.29, 1.82) is 0 Å². The summed E-state index contributed by atoms with van der Waals surface area (Å²) in [6.07, 6.45) is 0.537. The summed E-state index contributed by atoms with van der Waals surface area (Å²) >= 11 is 5.87. The molecule has 20 heavy (non-hydrogen) atoms. The van der Waals surface area contributed by atoms with Crippen molar-refractivity contribution in [2.45, 2.75) is 25.7 Å². The molecule has 8 heteroatoms. The summed E-state index contributed by atoms with van der Waals surface area (Å²) in [5.74, 6) is -1.94. The van der Waals surface area contributed by atoms with Crippen LogP contribution in [0.4, 0.5) is 0 Å². The Labute approximate surface area is 120 Å². The molecule has 0 bridgehead atoms. The normalized spacial score (nSPS) is 17.1. The minimum atomic E-state index is -1.29. The fourth-order valence-electron chi connectivity index (χ4n) is 2.07. The standard InChI is InChI=1S/C12H13BClNO5/c1-2-10(16)15-9-4-6-3-7(14)5-8(12(17)18)11(6)20-13(9)19/h3,5,9,19H,2,4H2,1H3,(H,15,16)(H,17,18). The Balaban J connectivity index is 2.34. The molecule has 1 aliphatic heterocycles. The lowest BCUT2D eigenvalue weighted by atomic mass is 9.72. The number of aromatic carboxylic acids is 1. The molecular formula is C12H13BClNO5. The van der Waals surface area contributed by atoms with E-state index in [9.17, 15) is 14.6 Å². The van der Waals surface area contributed by atoms with Crippen LogP contribution in [0.2, 0.25) is 5.02 Å². The number of amides is 1. The predicted octanol–water partition coefficient (Wildman–Crippen LogP) is 0.888. The lowest BCUT2D eigenvalue weighted by molar-refractivity contribution is -0.121. The summed E-state index contributed by atoms with van der Waals surface area (Å²) in [5.41, 5.74) is 0.438. The van der Waals surface area contributed by atoms with E-state index in [0.717, 1.165) is 0 Å². The summed E-state index contributed by atoms with van der Waals surface area (Å²) in [7, 11) is -1.29. The van der Waals surface area contributed by atoms with Crippen molar-refractivity contribution >= 4 is 30.6 Å². The van der Waals surface area contributed by atoms with Crippen LogP contribution in [0, 0.1) is 0 Å². The fourth-order valence-corrected chi connectivity index (χ4v) is 2.31. The van der Waals surface area contributed by atoms with Gasteiger partial charge in [0.15, 0.2) is 0 Å². The van der Waals surface area contributed by atoms with Crippen LogP contribution >= 0.6 is 11.6 Å². The molecule has 0 aromatic heterocycles. The second-order valence-corrected chi connectivity index (χ2v) is 4.92. The molecule has 0 saturated carbocycles. The first-order valence-corrected chi connectivity index (χ1v) is 6.50. The minimum absolute atomic E-state index is 0.0939. The summed E-state index contributed by atoms with van der Waals surface area (Å²) < 4.78 is 5.24. The van der Waals surface area contributed by atoms with E-state index in [2.05, 4.69) is 5.32 Å². The first-order valence-electron chi connectivity index (χ1n) is 6.12. The van der Waals surface area contributed by atoms with Crippen molar-refractivity contribution in [2.75, 3.05) is 0 Å². The fraction of sp³-hybridized carbons (Fsp3) is 0.333. The van der Waals surface area contributed by atoms with Gasteiger partial charge in [0.2, 0.25) is 5.91 Å². The maximum Gasteiger partial charge on any atom is 0.547 e. The van der Waals surface area contributed by atoms with E-state index in [4.69, 9.17) is 21.4 Å². The summed E-state index contributed by atoms with van der Waals surface area (Å²) in [4.78, 5) is 22.5. The highest BCUT2D eigenvalue weighted by molar-refractivity contribution is 6.47. The van der Waals surface area contributed by atoms with E-state index >= 15 is 0 Å². The highest BCUT2D eigenvalue weighted by Gasteiger charge is 2.37. The summed E-state index contributed by atoms with van der Waals surface area (Å²) in [5, 5.41) is 21.9. The Hall–Kier alpha value is -1.73. The van der Waals surface area contributed by atoms with Crippen LogP contribution < -0.4 is 9.97 Å². The largest absolute Gasteiger partial charge is 0.547 e. The maximum absolute atomic E-state index is 11.4. The number of fused-ring (bicyclic) bond motifs is 1. The topological polar surface area (TPSA) is 95.9 Å². The molecule has 1 atom stereocenters. The quantitative estimate of drug-likeness (QED) is 0.720. The Morgan fingerprint density at radius 2 is 2.25 bits per heavy atom. The number of carboxylic acids is 1. The molecule has 1 amide bonds. The average Bonchev–Trinajstić information content (AvgIpc) is 2.39. The molecule has 3 N–H and O–H groups in total. The molecule has 1 heterocycles. The Bertz CT molecular complexity index is 565. The van der Waals surface area contributed by atoms with Crippen molar-refractivity contribution in [2.24, 2.45) is 0 Å². The Morgan fingerprint density at radius 1 is 1.55 bits per heavy atom. The van der Waals surface area contributed by atoms with Gasteiger partial charge < -0.3 is 20.1 Å². The van der Waals surface area contributed by atoms with Gasteiger partial charge in [0, 0.05) is 11.4 Å². The van der Waals surface area contributed by atoms with Crippen molar-refractivity contribution in [3.63, 3.8) is 0 Å². The Morgan fingerprint density at radius 3 is 2.85 bits per heavy atom. The number of hydrogen-bond donors (Lipinski definition) is 3. The number of nitrogens with one attached hydrogen (secondary N) is 1. The van der Waals surface area contributed by atoms with E-state index in [1.807, 2.05) is 0 Å². The minimum Gasteiger partial charge on any atom is -0.534 e. The van der Waals surface area contributed by atoms with Gasteiger partial charge in [-0.15, -0.1) is 0 Å². The van der Waals surface area contributed by atoms with E-state index in [1.54, 1.807) is 13.0 Å². The van der Waals surface area contributed by atoms with E-state index in [-0.39, 0.29) is 35.1 Å². The van der Waals surface area contributed by atoms with Gasteiger partial charge in [-0.2, -0.15) is 0 Å². The predicted molar refractivity (Wildman–Crippen MR) is 72.9 cm³/mol. The van der Waals surface area contributed by atoms with E-state index in [1.165, 1.54) is 6.07 Å². The van der Waals surface area contributed by atoms with Crippen LogP contribution in [0.5, 0.6) is 5.75 Å². The first-order chi connectivity index (χ1) is 9.42. The van der Waals surface area contributed by atoms with Crippen LogP contribution in [0.3, 0.4) is 0 Å². The molecule has 1 aromatic rings. The van der Waals surface area contributed by atoms with Crippen molar-refractivity contribution in [1.82, 2.24) is 5.32 Å². The zero-order valence-electron chi connectivity index (χ0n) is 10.7. The van der Waals surface area contributed by atoms with Crippen LogP contribution in [0.1, 0.15) is 29.3 Å². The number of rotatable bonds is 3. The molecule has 106 valence electrons. The highest BCUT2D eigenvalue weighted by atomic mass is 35.5.